The van der Waals surface area contributed by atoms with Gasteiger partial charge >= 0.3 is 0 Å². The summed E-state index contributed by atoms with van der Waals surface area (Å²) in [5.74, 6) is 2.58. The van der Waals surface area contributed by atoms with Crippen LogP contribution in [0.4, 0.5) is 0 Å². The molecular weight excluding hydrogens is 228 g/mol. The van der Waals surface area contributed by atoms with Crippen molar-refractivity contribution in [3.05, 3.63) is 0 Å². The van der Waals surface area contributed by atoms with Gasteiger partial charge in [0.1, 0.15) is 0 Å². The van der Waals surface area contributed by atoms with Crippen molar-refractivity contribution in [3.8, 4) is 0 Å². The minimum absolute atomic E-state index is 0.473. The van der Waals surface area contributed by atoms with Gasteiger partial charge in [-0.25, -0.2) is 0 Å². The quantitative estimate of drug-likeness (QED) is 0.469. The van der Waals surface area contributed by atoms with Crippen molar-refractivity contribution < 1.29 is 0 Å². The lowest BCUT2D eigenvalue weighted by atomic mass is 9.77. The molecule has 3 atom stereocenters. The van der Waals surface area contributed by atoms with Crippen LogP contribution in [-0.4, -0.2) is 0 Å². The number of hydrogen-bond acceptors (Lipinski definition) is 0. The molecule has 0 saturated carbocycles. The van der Waals surface area contributed by atoms with E-state index in [1.165, 1.54) is 32.1 Å². The monoisotopic (exact) mass is 268 g/mol. The van der Waals surface area contributed by atoms with Gasteiger partial charge in [0, 0.05) is 0 Å². The van der Waals surface area contributed by atoms with Crippen LogP contribution in [0.5, 0.6) is 0 Å². The summed E-state index contributed by atoms with van der Waals surface area (Å²) in [7, 11) is 0. The molecule has 19 heavy (non-hydrogen) atoms. The summed E-state index contributed by atoms with van der Waals surface area (Å²) in [6.45, 7) is 21.5. The first-order valence-electron chi connectivity index (χ1n) is 8.44. The minimum atomic E-state index is 0.473. The molecule has 0 aromatic rings. The zero-order chi connectivity index (χ0) is 15.3. The summed E-state index contributed by atoms with van der Waals surface area (Å²) in [6, 6.07) is 0. The Morgan fingerprint density at radius 2 is 1.00 bits per heavy atom. The van der Waals surface area contributed by atoms with Crippen molar-refractivity contribution in [2.45, 2.75) is 94.4 Å². The van der Waals surface area contributed by atoms with Crippen molar-refractivity contribution in [1.29, 1.82) is 0 Å². The van der Waals surface area contributed by atoms with E-state index in [4.69, 9.17) is 0 Å². The van der Waals surface area contributed by atoms with E-state index in [0.717, 1.165) is 17.8 Å². The highest BCUT2D eigenvalue weighted by Crippen LogP contribution is 2.32. The Labute approximate surface area is 123 Å². The minimum Gasteiger partial charge on any atom is -0.0625 e. The maximum atomic E-state index is 2.44. The molecule has 0 heteroatoms. The summed E-state index contributed by atoms with van der Waals surface area (Å²) >= 11 is 0. The van der Waals surface area contributed by atoms with Gasteiger partial charge in [-0.15, -0.1) is 0 Å². The van der Waals surface area contributed by atoms with E-state index >= 15 is 0 Å². The molecule has 0 fully saturated rings. The molecule has 0 aliphatic rings. The van der Waals surface area contributed by atoms with Crippen LogP contribution in [0.15, 0.2) is 0 Å². The van der Waals surface area contributed by atoms with Gasteiger partial charge in [0.05, 0.1) is 0 Å². The Morgan fingerprint density at radius 1 is 0.579 bits per heavy atom. The zero-order valence-corrected chi connectivity index (χ0v) is 15.3. The Bertz CT molecular complexity index is 225. The van der Waals surface area contributed by atoms with Crippen LogP contribution < -0.4 is 0 Å². The van der Waals surface area contributed by atoms with Crippen LogP contribution >= 0.6 is 0 Å². The summed E-state index contributed by atoms with van der Waals surface area (Å²) in [5, 5.41) is 0. The highest BCUT2D eigenvalue weighted by atomic mass is 14.3. The SMILES string of the molecule is CC(CCCC(C)C(C)(C)C)CCC(C)C(C)(C)C. The predicted octanol–water partition coefficient (Wildman–Crippen LogP) is 6.94. The maximum absolute atomic E-state index is 2.44. The summed E-state index contributed by atoms with van der Waals surface area (Å²) in [4.78, 5) is 0. The van der Waals surface area contributed by atoms with Crippen LogP contribution in [0.25, 0.3) is 0 Å². The van der Waals surface area contributed by atoms with Crippen LogP contribution in [0.2, 0.25) is 0 Å². The highest BCUT2D eigenvalue weighted by molar-refractivity contribution is 4.72. The highest BCUT2D eigenvalue weighted by Gasteiger charge is 2.21. The van der Waals surface area contributed by atoms with E-state index < -0.39 is 0 Å². The Balaban J connectivity index is 3.80. The second-order valence-electron chi connectivity index (χ2n) is 9.15. The molecule has 116 valence electrons. The molecule has 0 saturated heterocycles. The van der Waals surface area contributed by atoms with E-state index in [1.807, 2.05) is 0 Å². The molecule has 0 aliphatic heterocycles. The molecule has 0 aromatic heterocycles. The van der Waals surface area contributed by atoms with Crippen LogP contribution in [-0.2, 0) is 0 Å². The first kappa shape index (κ1) is 19.0. The van der Waals surface area contributed by atoms with Gasteiger partial charge in [-0.1, -0.05) is 88.0 Å². The third-order valence-electron chi connectivity index (χ3n) is 5.38. The Kier molecular flexibility index (Phi) is 7.70. The molecule has 0 amide bonds. The van der Waals surface area contributed by atoms with Crippen molar-refractivity contribution in [3.63, 3.8) is 0 Å². The third-order valence-corrected chi connectivity index (χ3v) is 5.38. The number of hydrogen-bond donors (Lipinski definition) is 0. The van der Waals surface area contributed by atoms with Gasteiger partial charge in [-0.3, -0.25) is 0 Å². The Hall–Kier alpha value is 0. The van der Waals surface area contributed by atoms with Gasteiger partial charge in [-0.05, 0) is 35.0 Å². The molecule has 0 nitrogen and oxygen atoms in total. The normalized spacial score (nSPS) is 18.2. The maximum Gasteiger partial charge on any atom is -0.0357 e. The van der Waals surface area contributed by atoms with Crippen molar-refractivity contribution in [2.24, 2.45) is 28.6 Å². The fourth-order valence-electron chi connectivity index (χ4n) is 2.32. The van der Waals surface area contributed by atoms with Gasteiger partial charge in [0.25, 0.3) is 0 Å². The first-order chi connectivity index (χ1) is 8.44. The van der Waals surface area contributed by atoms with E-state index in [1.54, 1.807) is 0 Å². The molecule has 0 heterocycles. The Morgan fingerprint density at radius 3 is 1.42 bits per heavy atom. The van der Waals surface area contributed by atoms with Crippen LogP contribution in [0, 0.1) is 28.6 Å². The van der Waals surface area contributed by atoms with E-state index in [-0.39, 0.29) is 0 Å². The second-order valence-corrected chi connectivity index (χ2v) is 9.15. The van der Waals surface area contributed by atoms with E-state index in [2.05, 4.69) is 62.3 Å². The van der Waals surface area contributed by atoms with E-state index in [9.17, 15) is 0 Å². The molecule has 0 radical (unpaired) electrons. The van der Waals surface area contributed by atoms with Crippen molar-refractivity contribution in [2.75, 3.05) is 0 Å². The summed E-state index contributed by atoms with van der Waals surface area (Å²) < 4.78 is 0. The topological polar surface area (TPSA) is 0 Å². The predicted molar refractivity (Wildman–Crippen MR) is 89.5 cm³/mol. The average Bonchev–Trinajstić information content (AvgIpc) is 2.22. The lowest BCUT2D eigenvalue weighted by molar-refractivity contribution is 0.220. The molecule has 0 N–H and O–H groups in total. The largest absolute Gasteiger partial charge is 0.0625 e. The number of rotatable bonds is 7. The molecule has 0 aliphatic carbocycles. The van der Waals surface area contributed by atoms with Gasteiger partial charge < -0.3 is 0 Å². The smallest absolute Gasteiger partial charge is 0.0357 e. The lowest BCUT2D eigenvalue weighted by Gasteiger charge is -2.29. The molecule has 0 bridgehead atoms. The fourth-order valence-corrected chi connectivity index (χ4v) is 2.32. The molecule has 0 rings (SSSR count). The lowest BCUT2D eigenvalue weighted by Crippen LogP contribution is -2.18. The standard InChI is InChI=1S/C19H40/c1-15(13-14-17(3)19(7,8)9)11-10-12-16(2)18(4,5)6/h15-17H,10-14H2,1-9H3. The fraction of sp³-hybridized carbons (Fsp3) is 1.00. The molecular formula is C19H40. The van der Waals surface area contributed by atoms with Gasteiger partial charge in [0.15, 0.2) is 0 Å². The third kappa shape index (κ3) is 8.71. The molecule has 0 aromatic carbocycles. The first-order valence-corrected chi connectivity index (χ1v) is 8.44. The molecule has 3 unspecified atom stereocenters. The summed E-state index contributed by atoms with van der Waals surface area (Å²) in [5.41, 5.74) is 0.949. The average molecular weight is 269 g/mol. The molecule has 0 spiro atoms. The summed E-state index contributed by atoms with van der Waals surface area (Å²) in [6.07, 6.45) is 7.01. The van der Waals surface area contributed by atoms with Crippen molar-refractivity contribution >= 4 is 0 Å². The van der Waals surface area contributed by atoms with Crippen molar-refractivity contribution in [1.82, 2.24) is 0 Å². The second kappa shape index (κ2) is 7.70. The van der Waals surface area contributed by atoms with Gasteiger partial charge in [0.2, 0.25) is 0 Å². The van der Waals surface area contributed by atoms with Crippen LogP contribution in [0.1, 0.15) is 94.4 Å². The van der Waals surface area contributed by atoms with Gasteiger partial charge in [-0.2, -0.15) is 0 Å². The van der Waals surface area contributed by atoms with E-state index in [0.29, 0.717) is 10.8 Å². The van der Waals surface area contributed by atoms with Crippen LogP contribution in [0.3, 0.4) is 0 Å². The zero-order valence-electron chi connectivity index (χ0n) is 15.3.